The molecule has 0 saturated heterocycles. The predicted octanol–water partition coefficient (Wildman–Crippen LogP) is 1.74. The summed E-state index contributed by atoms with van der Waals surface area (Å²) in [5.41, 5.74) is 1.09. The molecule has 0 saturated carbocycles. The van der Waals surface area contributed by atoms with Crippen molar-refractivity contribution in [1.29, 1.82) is 0 Å². The van der Waals surface area contributed by atoms with Crippen molar-refractivity contribution in [1.82, 2.24) is 20.0 Å². The first-order valence-corrected chi connectivity index (χ1v) is 9.13. The van der Waals surface area contributed by atoms with E-state index >= 15 is 0 Å². The van der Waals surface area contributed by atoms with Crippen LogP contribution in [0.5, 0.6) is 0 Å². The highest BCUT2D eigenvalue weighted by atomic mass is 32.2. The number of methoxy groups -OCH3 is 1. The molecule has 3 rings (SSSR count). The van der Waals surface area contributed by atoms with Crippen LogP contribution in [0.1, 0.15) is 11.7 Å². The first kappa shape index (κ1) is 18.0. The lowest BCUT2D eigenvalue weighted by molar-refractivity contribution is 0.122. The second-order valence-electron chi connectivity index (χ2n) is 5.47. The van der Waals surface area contributed by atoms with E-state index in [-0.39, 0.29) is 11.9 Å². The van der Waals surface area contributed by atoms with Gasteiger partial charge >= 0.3 is 6.01 Å². The zero-order valence-electron chi connectivity index (χ0n) is 14.0. The lowest BCUT2D eigenvalue weighted by Gasteiger charge is -2.15. The van der Waals surface area contributed by atoms with Crippen molar-refractivity contribution in [3.8, 4) is 11.5 Å². The molecule has 0 amide bonds. The number of anilines is 1. The lowest BCUT2D eigenvalue weighted by Crippen LogP contribution is -2.23. The van der Waals surface area contributed by atoms with Crippen LogP contribution in [0.25, 0.3) is 11.5 Å². The molecule has 0 fully saturated rings. The summed E-state index contributed by atoms with van der Waals surface area (Å²) in [5.74, 6) is -0.685. The van der Waals surface area contributed by atoms with Gasteiger partial charge in [0.25, 0.3) is 5.89 Å². The fourth-order valence-corrected chi connectivity index (χ4v) is 3.42. The van der Waals surface area contributed by atoms with Gasteiger partial charge in [-0.1, -0.05) is 17.2 Å². The number of nitrogens with one attached hydrogen (secondary N) is 1. The van der Waals surface area contributed by atoms with Gasteiger partial charge in [-0.15, -0.1) is 5.10 Å². The molecule has 1 N–H and O–H groups in total. The number of hydrogen-bond acceptors (Lipinski definition) is 7. The predicted molar refractivity (Wildman–Crippen MR) is 90.1 cm³/mol. The number of hydrogen-bond donors (Lipinski definition) is 1. The lowest BCUT2D eigenvalue weighted by atomic mass is 10.1. The molecular formula is C15H16FN5O4S. The summed E-state index contributed by atoms with van der Waals surface area (Å²) < 4.78 is 52.0. The fraction of sp³-hybridized carbons (Fsp3) is 0.267. The fourth-order valence-electron chi connectivity index (χ4n) is 2.26. The minimum Gasteiger partial charge on any atom is -0.403 e. The molecule has 0 spiro atoms. The Kier molecular flexibility index (Phi) is 5.00. The van der Waals surface area contributed by atoms with Gasteiger partial charge in [0.2, 0.25) is 10.0 Å². The molecule has 0 radical (unpaired) electrons. The van der Waals surface area contributed by atoms with E-state index < -0.39 is 27.7 Å². The Hall–Kier alpha value is -2.79. The summed E-state index contributed by atoms with van der Waals surface area (Å²) in [7, 11) is -0.756. The topological polar surface area (TPSA) is 112 Å². The number of ether oxygens (including phenoxy) is 1. The number of halogens is 1. The third kappa shape index (κ3) is 4.24. The summed E-state index contributed by atoms with van der Waals surface area (Å²) in [5, 5.41) is 11.4. The van der Waals surface area contributed by atoms with E-state index in [9.17, 15) is 12.8 Å². The van der Waals surface area contributed by atoms with Gasteiger partial charge in [0.05, 0.1) is 23.6 Å². The molecule has 1 atom stereocenters. The molecule has 1 aromatic carbocycles. The van der Waals surface area contributed by atoms with Crippen molar-refractivity contribution in [3.63, 3.8) is 0 Å². The van der Waals surface area contributed by atoms with Crippen molar-refractivity contribution in [2.45, 2.75) is 6.10 Å². The Morgan fingerprint density at radius 1 is 1.31 bits per heavy atom. The molecule has 0 aliphatic carbocycles. The highest BCUT2D eigenvalue weighted by Crippen LogP contribution is 2.22. The molecular weight excluding hydrogens is 365 g/mol. The van der Waals surface area contributed by atoms with Gasteiger partial charge in [-0.25, -0.2) is 17.5 Å². The maximum Gasteiger partial charge on any atom is 0.329 e. The molecule has 0 aliphatic rings. The molecule has 1 unspecified atom stereocenters. The van der Waals surface area contributed by atoms with Crippen LogP contribution < -0.4 is 4.72 Å². The van der Waals surface area contributed by atoms with Crippen molar-refractivity contribution in [3.05, 3.63) is 48.0 Å². The molecule has 0 aliphatic heterocycles. The van der Waals surface area contributed by atoms with Gasteiger partial charge in [0.15, 0.2) is 0 Å². The monoisotopic (exact) mass is 381 g/mol. The zero-order chi connectivity index (χ0) is 18.7. The molecule has 3 aromatic rings. The molecule has 2 aromatic heterocycles. The number of aryl methyl sites for hydroxylation is 1. The average molecular weight is 381 g/mol. The van der Waals surface area contributed by atoms with E-state index in [1.165, 1.54) is 37.6 Å². The average Bonchev–Trinajstić information content (AvgIpc) is 3.22. The first-order valence-electron chi connectivity index (χ1n) is 7.47. The maximum absolute atomic E-state index is 13.0. The van der Waals surface area contributed by atoms with E-state index in [1.54, 1.807) is 17.9 Å². The van der Waals surface area contributed by atoms with E-state index in [2.05, 4.69) is 20.0 Å². The quantitative estimate of drug-likeness (QED) is 0.663. The summed E-state index contributed by atoms with van der Waals surface area (Å²) in [6.45, 7) is 0. The van der Waals surface area contributed by atoms with E-state index in [0.29, 0.717) is 11.1 Å². The first-order chi connectivity index (χ1) is 12.4. The minimum atomic E-state index is -3.85. The van der Waals surface area contributed by atoms with Crippen molar-refractivity contribution < 1.29 is 22.0 Å². The van der Waals surface area contributed by atoms with Gasteiger partial charge in [-0.2, -0.15) is 5.10 Å². The van der Waals surface area contributed by atoms with E-state index in [1.807, 2.05) is 0 Å². The summed E-state index contributed by atoms with van der Waals surface area (Å²) in [6.07, 6.45) is 2.39. The van der Waals surface area contributed by atoms with E-state index in [0.717, 1.165) is 0 Å². The number of nitrogens with zero attached hydrogens (tertiary/aromatic N) is 4. The number of aromatic nitrogens is 4. The Morgan fingerprint density at radius 2 is 2.04 bits per heavy atom. The minimum absolute atomic E-state index is 0.137. The van der Waals surface area contributed by atoms with Gasteiger partial charge < -0.3 is 9.15 Å². The summed E-state index contributed by atoms with van der Waals surface area (Å²) in [4.78, 5) is 0. The highest BCUT2D eigenvalue weighted by Gasteiger charge is 2.23. The Balaban J connectivity index is 1.72. The van der Waals surface area contributed by atoms with Crippen LogP contribution in [0, 0.1) is 5.82 Å². The molecule has 2 heterocycles. The number of sulfonamides is 1. The third-order valence-corrected chi connectivity index (χ3v) is 4.74. The van der Waals surface area contributed by atoms with Crippen LogP contribution >= 0.6 is 0 Å². The maximum atomic E-state index is 13.0. The Morgan fingerprint density at radius 3 is 2.65 bits per heavy atom. The van der Waals surface area contributed by atoms with Crippen LogP contribution in [0.2, 0.25) is 0 Å². The normalized spacial score (nSPS) is 12.9. The molecule has 0 bridgehead atoms. The highest BCUT2D eigenvalue weighted by molar-refractivity contribution is 7.92. The molecule has 11 heteroatoms. The SMILES string of the molecule is COC(CS(=O)(=O)Nc1nnc(-c2cnn(C)c2)o1)c1ccc(F)cc1. The Labute approximate surface area is 148 Å². The van der Waals surface area contributed by atoms with Gasteiger partial charge in [-0.05, 0) is 17.7 Å². The van der Waals surface area contributed by atoms with Crippen LogP contribution in [0.15, 0.2) is 41.1 Å². The van der Waals surface area contributed by atoms with Gasteiger partial charge in [0.1, 0.15) is 5.82 Å². The van der Waals surface area contributed by atoms with Gasteiger partial charge in [0, 0.05) is 20.4 Å². The van der Waals surface area contributed by atoms with Crippen LogP contribution in [0.4, 0.5) is 10.4 Å². The third-order valence-electron chi connectivity index (χ3n) is 3.52. The number of benzene rings is 1. The smallest absolute Gasteiger partial charge is 0.329 e. The number of rotatable bonds is 7. The van der Waals surface area contributed by atoms with Crippen molar-refractivity contribution in [2.24, 2.45) is 7.05 Å². The molecule has 9 nitrogen and oxygen atoms in total. The van der Waals surface area contributed by atoms with Gasteiger partial charge in [-0.3, -0.25) is 4.68 Å². The van der Waals surface area contributed by atoms with Crippen LogP contribution in [-0.4, -0.2) is 41.3 Å². The second kappa shape index (κ2) is 7.22. The van der Waals surface area contributed by atoms with Crippen LogP contribution in [-0.2, 0) is 21.8 Å². The van der Waals surface area contributed by atoms with E-state index in [4.69, 9.17) is 9.15 Å². The largest absolute Gasteiger partial charge is 0.403 e. The standard InChI is InChI=1S/C15H16FN5O4S/c1-21-8-11(7-17-21)14-18-19-15(25-14)20-26(22,23)9-13(24-2)10-3-5-12(16)6-4-10/h3-8,13H,9H2,1-2H3,(H,19,20). The van der Waals surface area contributed by atoms with Crippen molar-refractivity contribution >= 4 is 16.0 Å². The summed E-state index contributed by atoms with van der Waals surface area (Å²) in [6, 6.07) is 5.13. The molecule has 26 heavy (non-hydrogen) atoms. The van der Waals surface area contributed by atoms with Crippen molar-refractivity contribution in [2.75, 3.05) is 17.6 Å². The molecule has 138 valence electrons. The summed E-state index contributed by atoms with van der Waals surface area (Å²) >= 11 is 0. The van der Waals surface area contributed by atoms with Crippen LogP contribution in [0.3, 0.4) is 0 Å². The zero-order valence-corrected chi connectivity index (χ0v) is 14.8. The second-order valence-corrected chi connectivity index (χ2v) is 7.24. The Bertz CT molecular complexity index is 984.